The van der Waals surface area contributed by atoms with Gasteiger partial charge in [-0.15, -0.1) is 11.3 Å². The number of primary amides is 1. The molecule has 2 aromatic rings. The lowest BCUT2D eigenvalue weighted by Gasteiger charge is -2.20. The Morgan fingerprint density at radius 1 is 1.50 bits per heavy atom. The van der Waals surface area contributed by atoms with E-state index in [1.165, 1.54) is 11.1 Å². The summed E-state index contributed by atoms with van der Waals surface area (Å²) >= 11 is 1.69. The molecule has 0 atom stereocenters. The van der Waals surface area contributed by atoms with Crippen molar-refractivity contribution in [3.05, 3.63) is 40.5 Å². The molecule has 1 amide bonds. The third-order valence-corrected chi connectivity index (χ3v) is 3.37. The summed E-state index contributed by atoms with van der Waals surface area (Å²) in [6.45, 7) is 3.58. The minimum Gasteiger partial charge on any atom is -0.364 e. The largest absolute Gasteiger partial charge is 0.364 e. The van der Waals surface area contributed by atoms with E-state index in [1.54, 1.807) is 17.5 Å². The zero-order chi connectivity index (χ0) is 13.0. The number of thiophene rings is 1. The van der Waals surface area contributed by atoms with Gasteiger partial charge in [0.15, 0.2) is 0 Å². The Hall–Kier alpha value is -1.95. The van der Waals surface area contributed by atoms with Crippen LogP contribution in [0.3, 0.4) is 0 Å². The molecule has 2 N–H and O–H groups in total. The third-order valence-electron chi connectivity index (χ3n) is 2.51. The summed E-state index contributed by atoms with van der Waals surface area (Å²) < 4.78 is 0. The van der Waals surface area contributed by atoms with Crippen LogP contribution in [0.1, 0.15) is 22.3 Å². The van der Waals surface area contributed by atoms with Gasteiger partial charge in [-0.3, -0.25) is 9.78 Å². The Balaban J connectivity index is 2.21. The van der Waals surface area contributed by atoms with Crippen molar-refractivity contribution in [3.63, 3.8) is 0 Å². The molecule has 0 saturated carbocycles. The fourth-order valence-electron chi connectivity index (χ4n) is 1.57. The van der Waals surface area contributed by atoms with Gasteiger partial charge in [-0.2, -0.15) is 0 Å². The Morgan fingerprint density at radius 3 is 2.94 bits per heavy atom. The fourth-order valence-corrected chi connectivity index (χ4v) is 2.29. The summed E-state index contributed by atoms with van der Waals surface area (Å²) in [6.07, 6.45) is 3.02. The van der Waals surface area contributed by atoms with Gasteiger partial charge in [0.2, 0.25) is 0 Å². The maximum Gasteiger partial charge on any atom is 0.268 e. The van der Waals surface area contributed by atoms with E-state index in [1.807, 2.05) is 23.3 Å². The molecule has 6 heteroatoms. The van der Waals surface area contributed by atoms with Crippen LogP contribution in [-0.4, -0.2) is 22.4 Å². The van der Waals surface area contributed by atoms with Crippen LogP contribution in [0, 0.1) is 0 Å². The highest BCUT2D eigenvalue weighted by molar-refractivity contribution is 7.09. The lowest BCUT2D eigenvalue weighted by Crippen LogP contribution is -2.24. The molecule has 0 aliphatic heterocycles. The molecular formula is C12H14N4OS. The molecule has 0 fully saturated rings. The van der Waals surface area contributed by atoms with Crippen molar-refractivity contribution in [3.8, 4) is 0 Å². The molecule has 0 aliphatic rings. The molecule has 2 rings (SSSR count). The molecule has 2 heterocycles. The number of nitrogens with zero attached hydrogens (tertiary/aromatic N) is 3. The van der Waals surface area contributed by atoms with Crippen molar-refractivity contribution in [1.29, 1.82) is 0 Å². The fraction of sp³-hybridized carbons (Fsp3) is 0.250. The van der Waals surface area contributed by atoms with Gasteiger partial charge in [0.05, 0.1) is 18.9 Å². The molecule has 18 heavy (non-hydrogen) atoms. The monoisotopic (exact) mass is 262 g/mol. The standard InChI is InChI=1S/C12H14N4OS/c1-2-16(8-9-4-3-5-18-9)11-7-14-6-10(15-11)12(13)17/h3-7H,2,8H2,1H3,(H2,13,17). The van der Waals surface area contributed by atoms with E-state index in [4.69, 9.17) is 5.73 Å². The van der Waals surface area contributed by atoms with Crippen LogP contribution < -0.4 is 10.6 Å². The number of carbonyl (C=O) groups is 1. The van der Waals surface area contributed by atoms with Gasteiger partial charge >= 0.3 is 0 Å². The minimum atomic E-state index is -0.559. The van der Waals surface area contributed by atoms with Crippen molar-refractivity contribution in [2.75, 3.05) is 11.4 Å². The average molecular weight is 262 g/mol. The maximum absolute atomic E-state index is 11.1. The summed E-state index contributed by atoms with van der Waals surface area (Å²) in [4.78, 5) is 22.6. The van der Waals surface area contributed by atoms with Crippen LogP contribution >= 0.6 is 11.3 Å². The van der Waals surface area contributed by atoms with Crippen LogP contribution in [0.25, 0.3) is 0 Å². The van der Waals surface area contributed by atoms with Crippen LogP contribution in [-0.2, 0) is 6.54 Å². The topological polar surface area (TPSA) is 72.1 Å². The molecule has 0 aliphatic carbocycles. The highest BCUT2D eigenvalue weighted by Gasteiger charge is 2.10. The van der Waals surface area contributed by atoms with Crippen LogP contribution in [0.15, 0.2) is 29.9 Å². The molecule has 0 aromatic carbocycles. The molecule has 0 radical (unpaired) electrons. The molecule has 2 aromatic heterocycles. The molecular weight excluding hydrogens is 248 g/mol. The average Bonchev–Trinajstić information content (AvgIpc) is 2.89. The second-order valence-electron chi connectivity index (χ2n) is 3.72. The van der Waals surface area contributed by atoms with Crippen LogP contribution in [0.4, 0.5) is 5.82 Å². The van der Waals surface area contributed by atoms with E-state index in [9.17, 15) is 4.79 Å². The van der Waals surface area contributed by atoms with Crippen LogP contribution in [0.2, 0.25) is 0 Å². The second-order valence-corrected chi connectivity index (χ2v) is 4.75. The van der Waals surface area contributed by atoms with E-state index in [0.717, 1.165) is 13.1 Å². The van der Waals surface area contributed by atoms with Gasteiger partial charge in [-0.25, -0.2) is 4.98 Å². The SMILES string of the molecule is CCN(Cc1cccs1)c1cncc(C(N)=O)n1. The Bertz CT molecular complexity index is 527. The zero-order valence-electron chi connectivity index (χ0n) is 10.0. The first-order valence-corrected chi connectivity index (χ1v) is 6.48. The minimum absolute atomic E-state index is 0.192. The first-order valence-electron chi connectivity index (χ1n) is 5.60. The maximum atomic E-state index is 11.1. The predicted molar refractivity (Wildman–Crippen MR) is 71.6 cm³/mol. The Labute approximate surface area is 109 Å². The van der Waals surface area contributed by atoms with E-state index >= 15 is 0 Å². The van der Waals surface area contributed by atoms with Crippen molar-refractivity contribution < 1.29 is 4.79 Å². The van der Waals surface area contributed by atoms with Gasteiger partial charge in [-0.1, -0.05) is 6.07 Å². The van der Waals surface area contributed by atoms with Gasteiger partial charge in [0, 0.05) is 11.4 Å². The normalized spacial score (nSPS) is 10.3. The van der Waals surface area contributed by atoms with Crippen LogP contribution in [0.5, 0.6) is 0 Å². The van der Waals surface area contributed by atoms with Gasteiger partial charge in [-0.05, 0) is 18.4 Å². The highest BCUT2D eigenvalue weighted by atomic mass is 32.1. The molecule has 0 bridgehead atoms. The number of aromatic nitrogens is 2. The molecule has 0 unspecified atom stereocenters. The van der Waals surface area contributed by atoms with Crippen molar-refractivity contribution >= 4 is 23.1 Å². The number of nitrogens with two attached hydrogens (primary N) is 1. The Morgan fingerprint density at radius 2 is 2.33 bits per heavy atom. The van der Waals surface area contributed by atoms with Crippen molar-refractivity contribution in [2.45, 2.75) is 13.5 Å². The summed E-state index contributed by atoms with van der Waals surface area (Å²) in [5.74, 6) is 0.110. The first-order chi connectivity index (χ1) is 8.70. The highest BCUT2D eigenvalue weighted by Crippen LogP contribution is 2.16. The molecule has 94 valence electrons. The lowest BCUT2D eigenvalue weighted by atomic mass is 10.4. The lowest BCUT2D eigenvalue weighted by molar-refractivity contribution is 0.0995. The van der Waals surface area contributed by atoms with Gasteiger partial charge in [0.25, 0.3) is 5.91 Å². The van der Waals surface area contributed by atoms with Gasteiger partial charge < -0.3 is 10.6 Å². The third kappa shape index (κ3) is 2.84. The second kappa shape index (κ2) is 5.59. The van der Waals surface area contributed by atoms with E-state index in [2.05, 4.69) is 16.0 Å². The summed E-state index contributed by atoms with van der Waals surface area (Å²) in [6, 6.07) is 4.08. The first kappa shape index (κ1) is 12.5. The van der Waals surface area contributed by atoms with Crippen molar-refractivity contribution in [2.24, 2.45) is 5.73 Å². The number of carbonyl (C=O) groups excluding carboxylic acids is 1. The zero-order valence-corrected chi connectivity index (χ0v) is 10.9. The summed E-state index contributed by atoms with van der Waals surface area (Å²) in [7, 11) is 0. The molecule has 0 saturated heterocycles. The number of amides is 1. The number of rotatable bonds is 5. The molecule has 0 spiro atoms. The summed E-state index contributed by atoms with van der Waals surface area (Å²) in [5, 5.41) is 2.04. The number of hydrogen-bond donors (Lipinski definition) is 1. The van der Waals surface area contributed by atoms with E-state index in [0.29, 0.717) is 5.82 Å². The van der Waals surface area contributed by atoms with E-state index < -0.39 is 5.91 Å². The van der Waals surface area contributed by atoms with Gasteiger partial charge in [0.1, 0.15) is 11.5 Å². The number of hydrogen-bond acceptors (Lipinski definition) is 5. The van der Waals surface area contributed by atoms with E-state index in [-0.39, 0.29) is 5.69 Å². The smallest absolute Gasteiger partial charge is 0.268 e. The predicted octanol–water partition coefficient (Wildman–Crippen LogP) is 1.66. The number of anilines is 1. The quantitative estimate of drug-likeness (QED) is 0.889. The summed E-state index contributed by atoms with van der Waals surface area (Å²) in [5.41, 5.74) is 5.39. The Kier molecular flexibility index (Phi) is 3.88. The molecule has 5 nitrogen and oxygen atoms in total. The van der Waals surface area contributed by atoms with Crippen molar-refractivity contribution in [1.82, 2.24) is 9.97 Å².